The third-order valence-corrected chi connectivity index (χ3v) is 8.35. The molecule has 3 heterocycles. The van der Waals surface area contributed by atoms with E-state index in [-0.39, 0.29) is 6.61 Å². The van der Waals surface area contributed by atoms with Gasteiger partial charge in [0.2, 0.25) is 0 Å². The number of aromatic nitrogens is 1. The molecular formula is C19H24N2O4S2. The predicted molar refractivity (Wildman–Crippen MR) is 106 cm³/mol. The Hall–Kier alpha value is -1.48. The van der Waals surface area contributed by atoms with Crippen LogP contribution in [0.15, 0.2) is 23.1 Å². The lowest BCUT2D eigenvalue weighted by Crippen LogP contribution is -2.36. The molecule has 1 aromatic heterocycles. The minimum atomic E-state index is -3.44. The summed E-state index contributed by atoms with van der Waals surface area (Å²) in [6, 6.07) is 5.69. The van der Waals surface area contributed by atoms with Crippen molar-refractivity contribution in [3.63, 3.8) is 0 Å². The second kappa shape index (κ2) is 7.50. The third-order valence-electron chi connectivity index (χ3n) is 5.09. The standard InChI is InChI=1S/C19H24N2O4S2/c1-13-19(26-14(2)20-13)15-9-16(21-4-7-24-8-5-21)11-18(10-15)27(22,23)17-3-6-25-12-17/h9-11,17H,3-8,12H2,1-2H3. The van der Waals surface area contributed by atoms with Gasteiger partial charge in [0.15, 0.2) is 9.84 Å². The molecule has 2 fully saturated rings. The second-order valence-corrected chi connectivity index (χ2v) is 10.4. The Balaban J connectivity index is 1.82. The summed E-state index contributed by atoms with van der Waals surface area (Å²) in [5.41, 5.74) is 2.78. The van der Waals surface area contributed by atoms with Gasteiger partial charge in [-0.15, -0.1) is 11.3 Å². The van der Waals surface area contributed by atoms with Crippen LogP contribution < -0.4 is 4.90 Å². The highest BCUT2D eigenvalue weighted by atomic mass is 32.2. The van der Waals surface area contributed by atoms with Crippen LogP contribution in [0.5, 0.6) is 0 Å². The van der Waals surface area contributed by atoms with Gasteiger partial charge in [-0.05, 0) is 44.0 Å². The van der Waals surface area contributed by atoms with E-state index in [9.17, 15) is 8.42 Å². The van der Waals surface area contributed by atoms with E-state index in [0.29, 0.717) is 31.1 Å². The number of morpholine rings is 1. The number of anilines is 1. The number of thiazole rings is 1. The normalized spacial score (nSPS) is 21.0. The number of rotatable bonds is 4. The van der Waals surface area contributed by atoms with Crippen LogP contribution in [-0.2, 0) is 19.3 Å². The Bertz CT molecular complexity index is 927. The van der Waals surface area contributed by atoms with E-state index in [1.54, 1.807) is 17.4 Å². The van der Waals surface area contributed by atoms with E-state index in [1.165, 1.54) is 0 Å². The number of aryl methyl sites for hydroxylation is 2. The van der Waals surface area contributed by atoms with Crippen LogP contribution in [0.3, 0.4) is 0 Å². The summed E-state index contributed by atoms with van der Waals surface area (Å²) in [7, 11) is -3.44. The van der Waals surface area contributed by atoms with Crippen molar-refractivity contribution in [1.82, 2.24) is 4.98 Å². The van der Waals surface area contributed by atoms with E-state index in [0.717, 1.165) is 39.9 Å². The zero-order chi connectivity index (χ0) is 19.0. The molecule has 8 heteroatoms. The number of hydrogen-bond donors (Lipinski definition) is 0. The summed E-state index contributed by atoms with van der Waals surface area (Å²) < 4.78 is 37.2. The molecule has 1 atom stereocenters. The topological polar surface area (TPSA) is 68.7 Å². The van der Waals surface area contributed by atoms with Gasteiger partial charge in [-0.1, -0.05) is 0 Å². The fourth-order valence-electron chi connectivity index (χ4n) is 3.63. The van der Waals surface area contributed by atoms with Crippen LogP contribution in [0, 0.1) is 13.8 Å². The maximum absolute atomic E-state index is 13.2. The number of nitrogens with zero attached hydrogens (tertiary/aromatic N) is 2. The molecule has 2 aliphatic rings. The molecule has 6 nitrogen and oxygen atoms in total. The van der Waals surface area contributed by atoms with Crippen molar-refractivity contribution in [2.75, 3.05) is 44.4 Å². The number of sulfone groups is 1. The molecule has 4 rings (SSSR count). The van der Waals surface area contributed by atoms with Crippen LogP contribution in [0.4, 0.5) is 5.69 Å². The molecule has 0 N–H and O–H groups in total. The second-order valence-electron chi connectivity index (χ2n) is 6.99. The number of ether oxygens (including phenoxy) is 2. The lowest BCUT2D eigenvalue weighted by Gasteiger charge is -2.29. The zero-order valence-corrected chi connectivity index (χ0v) is 17.2. The Labute approximate surface area is 164 Å². The van der Waals surface area contributed by atoms with Gasteiger partial charge < -0.3 is 14.4 Å². The molecule has 0 aliphatic carbocycles. The van der Waals surface area contributed by atoms with Crippen LogP contribution in [0.25, 0.3) is 10.4 Å². The van der Waals surface area contributed by atoms with Crippen LogP contribution in [-0.4, -0.2) is 58.2 Å². The average Bonchev–Trinajstić information content (AvgIpc) is 3.32. The minimum absolute atomic E-state index is 0.276. The quantitative estimate of drug-likeness (QED) is 0.775. The fourth-order valence-corrected chi connectivity index (χ4v) is 6.18. The van der Waals surface area contributed by atoms with Gasteiger partial charge in [0.1, 0.15) is 0 Å². The van der Waals surface area contributed by atoms with E-state index >= 15 is 0 Å². The summed E-state index contributed by atoms with van der Waals surface area (Å²) >= 11 is 1.60. The Morgan fingerprint density at radius 3 is 2.52 bits per heavy atom. The smallest absolute Gasteiger partial charge is 0.183 e. The zero-order valence-electron chi connectivity index (χ0n) is 15.6. The highest BCUT2D eigenvalue weighted by Crippen LogP contribution is 2.36. The van der Waals surface area contributed by atoms with Crippen LogP contribution in [0.2, 0.25) is 0 Å². The maximum Gasteiger partial charge on any atom is 0.183 e. The van der Waals surface area contributed by atoms with Crippen molar-refractivity contribution < 1.29 is 17.9 Å². The molecule has 2 aromatic rings. The first-order valence-electron chi connectivity index (χ1n) is 9.19. The first kappa shape index (κ1) is 18.9. The fraction of sp³-hybridized carbons (Fsp3) is 0.526. The Morgan fingerprint density at radius 2 is 1.89 bits per heavy atom. The third kappa shape index (κ3) is 3.76. The number of hydrogen-bond acceptors (Lipinski definition) is 7. The van der Waals surface area contributed by atoms with Crippen molar-refractivity contribution >= 4 is 26.9 Å². The van der Waals surface area contributed by atoms with E-state index < -0.39 is 15.1 Å². The summed E-state index contributed by atoms with van der Waals surface area (Å²) in [4.78, 5) is 8.12. The first-order chi connectivity index (χ1) is 12.9. The van der Waals surface area contributed by atoms with Gasteiger partial charge in [0.25, 0.3) is 0 Å². The highest BCUT2D eigenvalue weighted by molar-refractivity contribution is 7.92. The summed E-state index contributed by atoms with van der Waals surface area (Å²) in [5.74, 6) is 0. The van der Waals surface area contributed by atoms with Gasteiger partial charge in [-0.25, -0.2) is 13.4 Å². The summed E-state index contributed by atoms with van der Waals surface area (Å²) in [6.07, 6.45) is 0.554. The van der Waals surface area contributed by atoms with Crippen molar-refractivity contribution in [3.8, 4) is 10.4 Å². The van der Waals surface area contributed by atoms with Gasteiger partial charge in [-0.2, -0.15) is 0 Å². The van der Waals surface area contributed by atoms with Gasteiger partial charge in [-0.3, -0.25) is 0 Å². The highest BCUT2D eigenvalue weighted by Gasteiger charge is 2.32. The number of benzene rings is 1. The van der Waals surface area contributed by atoms with E-state index in [2.05, 4.69) is 16.0 Å². The van der Waals surface area contributed by atoms with Crippen molar-refractivity contribution in [2.45, 2.75) is 30.4 Å². The summed E-state index contributed by atoms with van der Waals surface area (Å²) in [6.45, 7) is 7.56. The molecule has 0 amide bonds. The Morgan fingerprint density at radius 1 is 1.11 bits per heavy atom. The van der Waals surface area contributed by atoms with E-state index in [1.807, 2.05) is 19.9 Å². The van der Waals surface area contributed by atoms with Gasteiger partial charge in [0, 0.05) is 25.4 Å². The predicted octanol–water partition coefficient (Wildman–Crippen LogP) is 2.83. The molecule has 27 heavy (non-hydrogen) atoms. The monoisotopic (exact) mass is 408 g/mol. The largest absolute Gasteiger partial charge is 0.380 e. The molecule has 2 saturated heterocycles. The molecule has 1 aromatic carbocycles. The SMILES string of the molecule is Cc1nc(C)c(-c2cc(N3CCOCC3)cc(S(=O)(=O)C3CCOC3)c2)s1. The average molecular weight is 409 g/mol. The van der Waals surface area contributed by atoms with Crippen molar-refractivity contribution in [2.24, 2.45) is 0 Å². The van der Waals surface area contributed by atoms with Crippen molar-refractivity contribution in [1.29, 1.82) is 0 Å². The molecular weight excluding hydrogens is 384 g/mol. The Kier molecular flexibility index (Phi) is 5.24. The molecule has 146 valence electrons. The molecule has 1 unspecified atom stereocenters. The molecule has 0 radical (unpaired) electrons. The first-order valence-corrected chi connectivity index (χ1v) is 11.6. The minimum Gasteiger partial charge on any atom is -0.380 e. The van der Waals surface area contributed by atoms with Crippen LogP contribution in [0.1, 0.15) is 17.1 Å². The van der Waals surface area contributed by atoms with Crippen LogP contribution >= 0.6 is 11.3 Å². The van der Waals surface area contributed by atoms with Gasteiger partial charge >= 0.3 is 0 Å². The molecule has 0 saturated carbocycles. The molecule has 2 aliphatic heterocycles. The van der Waals surface area contributed by atoms with Gasteiger partial charge in [0.05, 0.1) is 45.5 Å². The van der Waals surface area contributed by atoms with E-state index in [4.69, 9.17) is 9.47 Å². The lowest BCUT2D eigenvalue weighted by atomic mass is 10.1. The molecule has 0 bridgehead atoms. The summed E-state index contributed by atoms with van der Waals surface area (Å²) in [5, 5.41) is 0.516. The van der Waals surface area contributed by atoms with Crippen molar-refractivity contribution in [3.05, 3.63) is 28.9 Å². The maximum atomic E-state index is 13.2. The molecule has 0 spiro atoms. The lowest BCUT2D eigenvalue weighted by molar-refractivity contribution is 0.122.